The Labute approximate surface area is 101 Å². The van der Waals surface area contributed by atoms with Gasteiger partial charge in [-0.1, -0.05) is 55.5 Å². The lowest BCUT2D eigenvalue weighted by atomic mass is 9.82. The van der Waals surface area contributed by atoms with Crippen LogP contribution < -0.4 is 0 Å². The summed E-state index contributed by atoms with van der Waals surface area (Å²) in [5.74, 6) is -0.0724. The monoisotopic (exact) mass is 228 g/mol. The normalized spacial score (nSPS) is 23.2. The van der Waals surface area contributed by atoms with Crippen LogP contribution in [0.1, 0.15) is 24.8 Å². The van der Waals surface area contributed by atoms with Crippen molar-refractivity contribution in [3.05, 3.63) is 59.7 Å². The number of allylic oxidation sites excluding steroid dienone is 3. The van der Waals surface area contributed by atoms with Crippen molar-refractivity contribution in [3.63, 3.8) is 0 Å². The molecule has 0 radical (unpaired) electrons. The van der Waals surface area contributed by atoms with E-state index >= 15 is 0 Å². The van der Waals surface area contributed by atoms with E-state index in [1.807, 2.05) is 24.3 Å². The largest absolute Gasteiger partial charge is 0.481 e. The molecule has 2 nitrogen and oxygen atoms in total. The zero-order chi connectivity index (χ0) is 12.3. The molecule has 0 saturated heterocycles. The number of rotatable bonds is 3. The zero-order valence-corrected chi connectivity index (χ0v) is 9.84. The van der Waals surface area contributed by atoms with Gasteiger partial charge in [-0.15, -0.1) is 0 Å². The molecule has 2 heteroatoms. The smallest absolute Gasteiger partial charge is 0.307 e. The highest BCUT2D eigenvalue weighted by Gasteiger charge is 2.19. The Hall–Kier alpha value is -1.83. The molecule has 0 amide bonds. The van der Waals surface area contributed by atoms with Gasteiger partial charge in [-0.05, 0) is 17.1 Å². The molecule has 0 heterocycles. The quantitative estimate of drug-likeness (QED) is 0.861. The molecule has 1 aliphatic carbocycles. The number of benzene rings is 1. The van der Waals surface area contributed by atoms with Gasteiger partial charge >= 0.3 is 5.97 Å². The van der Waals surface area contributed by atoms with Crippen molar-refractivity contribution in [2.75, 3.05) is 0 Å². The van der Waals surface area contributed by atoms with E-state index in [-0.39, 0.29) is 6.42 Å². The first-order valence-corrected chi connectivity index (χ1v) is 5.82. The fourth-order valence-electron chi connectivity index (χ4n) is 2.28. The van der Waals surface area contributed by atoms with Crippen LogP contribution in [0.15, 0.2) is 54.1 Å². The van der Waals surface area contributed by atoms with Crippen LogP contribution in [-0.4, -0.2) is 11.1 Å². The lowest BCUT2D eigenvalue weighted by Crippen LogP contribution is -2.10. The van der Waals surface area contributed by atoms with Crippen LogP contribution in [0.25, 0.3) is 0 Å². The van der Waals surface area contributed by atoms with Crippen LogP contribution >= 0.6 is 0 Å². The van der Waals surface area contributed by atoms with Crippen LogP contribution in [0, 0.1) is 5.92 Å². The second kappa shape index (κ2) is 5.00. The Morgan fingerprint density at radius 3 is 2.59 bits per heavy atom. The standard InChI is InChI=1S/C15H16O2/c1-11-9-12(10-15(16)17)7-8-14(11)13-5-3-2-4-6-13/h2-9,11,14H,10H2,1H3,(H,16,17). The van der Waals surface area contributed by atoms with Gasteiger partial charge in [0.05, 0.1) is 6.42 Å². The fraction of sp³-hybridized carbons (Fsp3) is 0.267. The minimum atomic E-state index is -0.772. The van der Waals surface area contributed by atoms with Gasteiger partial charge in [0.15, 0.2) is 0 Å². The zero-order valence-electron chi connectivity index (χ0n) is 9.84. The maximum Gasteiger partial charge on any atom is 0.307 e. The molecule has 1 aliphatic rings. The molecule has 2 atom stereocenters. The summed E-state index contributed by atoms with van der Waals surface area (Å²) in [4.78, 5) is 10.7. The average Bonchev–Trinajstić information content (AvgIpc) is 2.29. The summed E-state index contributed by atoms with van der Waals surface area (Å²) < 4.78 is 0. The lowest BCUT2D eigenvalue weighted by Gasteiger charge is -2.23. The molecule has 0 fully saturated rings. The maximum atomic E-state index is 10.7. The summed E-state index contributed by atoms with van der Waals surface area (Å²) in [7, 11) is 0. The van der Waals surface area contributed by atoms with Crippen LogP contribution in [0.5, 0.6) is 0 Å². The molecule has 2 unspecified atom stereocenters. The van der Waals surface area contributed by atoms with Crippen molar-refractivity contribution in [3.8, 4) is 0 Å². The van der Waals surface area contributed by atoms with Gasteiger partial charge in [0.25, 0.3) is 0 Å². The molecule has 0 aromatic heterocycles. The predicted molar refractivity (Wildman–Crippen MR) is 67.8 cm³/mol. The minimum absolute atomic E-state index is 0.113. The summed E-state index contributed by atoms with van der Waals surface area (Å²) in [5.41, 5.74) is 2.18. The molecule has 88 valence electrons. The highest BCUT2D eigenvalue weighted by atomic mass is 16.4. The van der Waals surface area contributed by atoms with Crippen molar-refractivity contribution in [1.82, 2.24) is 0 Å². The number of hydrogen-bond acceptors (Lipinski definition) is 1. The Balaban J connectivity index is 2.14. The van der Waals surface area contributed by atoms with Gasteiger partial charge in [0.1, 0.15) is 0 Å². The summed E-state index contributed by atoms with van der Waals surface area (Å²) in [6.07, 6.45) is 6.22. The number of carboxylic acids is 1. The minimum Gasteiger partial charge on any atom is -0.481 e. The molecular formula is C15H16O2. The average molecular weight is 228 g/mol. The first-order valence-electron chi connectivity index (χ1n) is 5.82. The van der Waals surface area contributed by atoms with Gasteiger partial charge < -0.3 is 5.11 Å². The predicted octanol–water partition coefficient (Wildman–Crippen LogP) is 3.38. The van der Waals surface area contributed by atoms with Crippen molar-refractivity contribution < 1.29 is 9.90 Å². The first-order chi connectivity index (χ1) is 8.16. The SMILES string of the molecule is CC1C=C(CC(=O)O)C=CC1c1ccccc1. The van der Waals surface area contributed by atoms with E-state index in [0.29, 0.717) is 11.8 Å². The van der Waals surface area contributed by atoms with E-state index < -0.39 is 5.97 Å². The fourth-order valence-corrected chi connectivity index (χ4v) is 2.28. The molecule has 0 bridgehead atoms. The van der Waals surface area contributed by atoms with Gasteiger partial charge in [-0.25, -0.2) is 0 Å². The topological polar surface area (TPSA) is 37.3 Å². The van der Waals surface area contributed by atoms with Gasteiger partial charge in [-0.3, -0.25) is 4.79 Å². The molecule has 0 spiro atoms. The van der Waals surface area contributed by atoms with E-state index in [0.717, 1.165) is 5.57 Å². The van der Waals surface area contributed by atoms with Crippen molar-refractivity contribution >= 4 is 5.97 Å². The number of carboxylic acid groups (broad SMARTS) is 1. The Morgan fingerprint density at radius 1 is 1.29 bits per heavy atom. The molecular weight excluding hydrogens is 212 g/mol. The maximum absolute atomic E-state index is 10.7. The Bertz CT molecular complexity index is 457. The highest BCUT2D eigenvalue weighted by molar-refractivity contribution is 5.71. The summed E-state index contributed by atoms with van der Waals surface area (Å²) in [6, 6.07) is 10.3. The molecule has 0 aliphatic heterocycles. The second-order valence-corrected chi connectivity index (χ2v) is 4.47. The number of hydrogen-bond donors (Lipinski definition) is 1. The first kappa shape index (κ1) is 11.6. The van der Waals surface area contributed by atoms with E-state index in [9.17, 15) is 4.79 Å². The van der Waals surface area contributed by atoms with Gasteiger partial charge in [0.2, 0.25) is 0 Å². The van der Waals surface area contributed by atoms with E-state index in [4.69, 9.17) is 5.11 Å². The second-order valence-electron chi connectivity index (χ2n) is 4.47. The van der Waals surface area contributed by atoms with Gasteiger partial charge in [-0.2, -0.15) is 0 Å². The van der Waals surface area contributed by atoms with E-state index in [2.05, 4.69) is 31.2 Å². The van der Waals surface area contributed by atoms with Crippen LogP contribution in [0.3, 0.4) is 0 Å². The third-order valence-electron chi connectivity index (χ3n) is 3.10. The highest BCUT2D eigenvalue weighted by Crippen LogP contribution is 2.32. The molecule has 0 saturated carbocycles. The molecule has 17 heavy (non-hydrogen) atoms. The van der Waals surface area contributed by atoms with E-state index in [1.54, 1.807) is 0 Å². The third kappa shape index (κ3) is 2.84. The van der Waals surface area contributed by atoms with Crippen molar-refractivity contribution in [2.24, 2.45) is 5.92 Å². The molecule has 2 rings (SSSR count). The Kier molecular flexibility index (Phi) is 3.43. The molecule has 1 aromatic rings. The van der Waals surface area contributed by atoms with Crippen LogP contribution in [0.2, 0.25) is 0 Å². The van der Waals surface area contributed by atoms with E-state index in [1.165, 1.54) is 5.56 Å². The Morgan fingerprint density at radius 2 is 2.00 bits per heavy atom. The lowest BCUT2D eigenvalue weighted by molar-refractivity contribution is -0.136. The summed E-state index contributed by atoms with van der Waals surface area (Å²) in [5, 5.41) is 8.76. The molecule has 1 N–H and O–H groups in total. The number of aliphatic carboxylic acids is 1. The molecule has 1 aromatic carbocycles. The van der Waals surface area contributed by atoms with Crippen LogP contribution in [-0.2, 0) is 4.79 Å². The summed E-state index contributed by atoms with van der Waals surface area (Å²) >= 11 is 0. The summed E-state index contributed by atoms with van der Waals surface area (Å²) in [6.45, 7) is 2.13. The van der Waals surface area contributed by atoms with Crippen molar-refractivity contribution in [1.29, 1.82) is 0 Å². The van der Waals surface area contributed by atoms with Crippen molar-refractivity contribution in [2.45, 2.75) is 19.3 Å². The van der Waals surface area contributed by atoms with Crippen LogP contribution in [0.4, 0.5) is 0 Å². The number of carbonyl (C=O) groups is 1. The van der Waals surface area contributed by atoms with Gasteiger partial charge in [0, 0.05) is 5.92 Å². The third-order valence-corrected chi connectivity index (χ3v) is 3.10.